The van der Waals surface area contributed by atoms with Gasteiger partial charge in [-0.2, -0.15) is 0 Å². The molecule has 1 aliphatic rings. The third kappa shape index (κ3) is 3.22. The molecule has 1 aromatic carbocycles. The Hall–Kier alpha value is -1.02. The van der Waals surface area contributed by atoms with E-state index in [9.17, 15) is 0 Å². The van der Waals surface area contributed by atoms with Crippen molar-refractivity contribution in [3.63, 3.8) is 0 Å². The third-order valence-electron chi connectivity index (χ3n) is 3.60. The van der Waals surface area contributed by atoms with E-state index in [0.717, 1.165) is 18.2 Å². The van der Waals surface area contributed by atoms with Gasteiger partial charge in [0.15, 0.2) is 0 Å². The zero-order valence-corrected chi connectivity index (χ0v) is 11.0. The number of anilines is 1. The number of nitrogens with one attached hydrogen (secondary N) is 1. The fourth-order valence-corrected chi connectivity index (χ4v) is 2.58. The van der Waals surface area contributed by atoms with E-state index in [-0.39, 0.29) is 0 Å². The summed E-state index contributed by atoms with van der Waals surface area (Å²) in [4.78, 5) is 0. The highest BCUT2D eigenvalue weighted by molar-refractivity contribution is 5.46. The molecule has 1 aliphatic carbocycles. The normalized spacial score (nSPS) is 19.4. The lowest BCUT2D eigenvalue weighted by Crippen LogP contribution is -2.26. The molecule has 0 amide bonds. The standard InChI is InChI=1S/C15H24N2/c1-11(2)8-9-17-15-5-3-4-12-6-7-13(16)10-14(12)15/h6-7,10-11,15,17H,3-5,8-9,16H2,1-2H3. The fourth-order valence-electron chi connectivity index (χ4n) is 2.58. The topological polar surface area (TPSA) is 38.0 Å². The first-order chi connectivity index (χ1) is 8.16. The van der Waals surface area contributed by atoms with E-state index < -0.39 is 0 Å². The van der Waals surface area contributed by atoms with Crippen molar-refractivity contribution in [2.45, 2.75) is 45.6 Å². The maximum Gasteiger partial charge on any atom is 0.0323 e. The summed E-state index contributed by atoms with van der Waals surface area (Å²) >= 11 is 0. The zero-order valence-electron chi connectivity index (χ0n) is 11.0. The number of fused-ring (bicyclic) bond motifs is 1. The van der Waals surface area contributed by atoms with Crippen LogP contribution in [0.5, 0.6) is 0 Å². The minimum absolute atomic E-state index is 0.515. The van der Waals surface area contributed by atoms with Crippen molar-refractivity contribution in [3.8, 4) is 0 Å². The van der Waals surface area contributed by atoms with Crippen LogP contribution in [0.1, 0.15) is 50.3 Å². The number of nitrogens with two attached hydrogens (primary N) is 1. The van der Waals surface area contributed by atoms with Crippen LogP contribution >= 0.6 is 0 Å². The molecule has 2 nitrogen and oxygen atoms in total. The summed E-state index contributed by atoms with van der Waals surface area (Å²) in [5.74, 6) is 0.770. The Balaban J connectivity index is 2.03. The lowest BCUT2D eigenvalue weighted by molar-refractivity contribution is 0.433. The van der Waals surface area contributed by atoms with Crippen molar-refractivity contribution < 1.29 is 0 Å². The van der Waals surface area contributed by atoms with Gasteiger partial charge in [-0.3, -0.25) is 0 Å². The second-order valence-electron chi connectivity index (χ2n) is 5.54. The molecule has 0 saturated heterocycles. The second-order valence-corrected chi connectivity index (χ2v) is 5.54. The van der Waals surface area contributed by atoms with Crippen molar-refractivity contribution in [3.05, 3.63) is 29.3 Å². The fraction of sp³-hybridized carbons (Fsp3) is 0.600. The zero-order chi connectivity index (χ0) is 12.3. The molecular weight excluding hydrogens is 208 g/mol. The van der Waals surface area contributed by atoms with Gasteiger partial charge in [-0.25, -0.2) is 0 Å². The van der Waals surface area contributed by atoms with Gasteiger partial charge in [0.2, 0.25) is 0 Å². The Bertz CT molecular complexity index is 371. The Kier molecular flexibility index (Phi) is 4.06. The second kappa shape index (κ2) is 5.54. The predicted molar refractivity (Wildman–Crippen MR) is 74.0 cm³/mol. The van der Waals surface area contributed by atoms with E-state index in [4.69, 9.17) is 5.73 Å². The quantitative estimate of drug-likeness (QED) is 0.782. The number of hydrogen-bond acceptors (Lipinski definition) is 2. The van der Waals surface area contributed by atoms with Gasteiger partial charge in [0, 0.05) is 11.7 Å². The summed E-state index contributed by atoms with van der Waals surface area (Å²) in [6.07, 6.45) is 4.98. The van der Waals surface area contributed by atoms with Gasteiger partial charge < -0.3 is 11.1 Å². The molecule has 0 spiro atoms. The monoisotopic (exact) mass is 232 g/mol. The highest BCUT2D eigenvalue weighted by Gasteiger charge is 2.19. The molecule has 0 fully saturated rings. The third-order valence-corrected chi connectivity index (χ3v) is 3.60. The van der Waals surface area contributed by atoms with Crippen LogP contribution in [0, 0.1) is 5.92 Å². The van der Waals surface area contributed by atoms with E-state index >= 15 is 0 Å². The molecule has 2 heteroatoms. The van der Waals surface area contributed by atoms with Crippen LogP contribution in [0.15, 0.2) is 18.2 Å². The van der Waals surface area contributed by atoms with E-state index in [1.165, 1.54) is 36.8 Å². The van der Waals surface area contributed by atoms with Crippen LogP contribution in [0.4, 0.5) is 5.69 Å². The van der Waals surface area contributed by atoms with Gasteiger partial charge >= 0.3 is 0 Å². The molecule has 1 unspecified atom stereocenters. The number of benzene rings is 1. The first kappa shape index (κ1) is 12.4. The highest BCUT2D eigenvalue weighted by atomic mass is 14.9. The summed E-state index contributed by atoms with van der Waals surface area (Å²) in [5.41, 5.74) is 9.69. The molecule has 1 atom stereocenters. The van der Waals surface area contributed by atoms with Gasteiger partial charge in [0.1, 0.15) is 0 Å². The molecule has 0 bridgehead atoms. The molecule has 17 heavy (non-hydrogen) atoms. The van der Waals surface area contributed by atoms with E-state index in [0.29, 0.717) is 6.04 Å². The average molecular weight is 232 g/mol. The van der Waals surface area contributed by atoms with Crippen LogP contribution in [0.25, 0.3) is 0 Å². The average Bonchev–Trinajstić information content (AvgIpc) is 2.29. The van der Waals surface area contributed by atoms with Gasteiger partial charge in [-0.15, -0.1) is 0 Å². The smallest absolute Gasteiger partial charge is 0.0323 e. The summed E-state index contributed by atoms with van der Waals surface area (Å²) in [7, 11) is 0. The Morgan fingerprint density at radius 3 is 3.00 bits per heavy atom. The Labute approximate surface area is 105 Å². The predicted octanol–water partition coefficient (Wildman–Crippen LogP) is 3.28. The van der Waals surface area contributed by atoms with Crippen LogP contribution in [-0.4, -0.2) is 6.54 Å². The number of rotatable bonds is 4. The van der Waals surface area contributed by atoms with Crippen LogP contribution in [0.2, 0.25) is 0 Å². The summed E-state index contributed by atoms with van der Waals surface area (Å²) in [6.45, 7) is 5.65. The van der Waals surface area contributed by atoms with Crippen molar-refractivity contribution in [1.29, 1.82) is 0 Å². The molecule has 3 N–H and O–H groups in total. The summed E-state index contributed by atoms with van der Waals surface area (Å²) in [5, 5.41) is 3.68. The Morgan fingerprint density at radius 1 is 1.41 bits per heavy atom. The van der Waals surface area contributed by atoms with Gasteiger partial charge in [-0.05, 0) is 61.4 Å². The maximum absolute atomic E-state index is 5.89. The van der Waals surface area contributed by atoms with Gasteiger partial charge in [0.25, 0.3) is 0 Å². The molecular formula is C15H24N2. The molecule has 2 rings (SSSR count). The Morgan fingerprint density at radius 2 is 2.24 bits per heavy atom. The van der Waals surface area contributed by atoms with Gasteiger partial charge in [-0.1, -0.05) is 19.9 Å². The van der Waals surface area contributed by atoms with Crippen molar-refractivity contribution >= 4 is 5.69 Å². The molecule has 0 radical (unpaired) electrons. The van der Waals surface area contributed by atoms with Crippen LogP contribution in [-0.2, 0) is 6.42 Å². The highest BCUT2D eigenvalue weighted by Crippen LogP contribution is 2.31. The van der Waals surface area contributed by atoms with E-state index in [1.54, 1.807) is 0 Å². The van der Waals surface area contributed by atoms with Crippen LogP contribution in [0.3, 0.4) is 0 Å². The number of hydrogen-bond donors (Lipinski definition) is 2. The first-order valence-electron chi connectivity index (χ1n) is 6.78. The van der Waals surface area contributed by atoms with E-state index in [2.05, 4.69) is 31.3 Å². The number of nitrogen functional groups attached to an aromatic ring is 1. The molecule has 94 valence electrons. The molecule has 0 aliphatic heterocycles. The lowest BCUT2D eigenvalue weighted by atomic mass is 9.87. The molecule has 0 heterocycles. The molecule has 1 aromatic rings. The summed E-state index contributed by atoms with van der Waals surface area (Å²) in [6, 6.07) is 6.89. The number of aryl methyl sites for hydroxylation is 1. The van der Waals surface area contributed by atoms with Crippen LogP contribution < -0.4 is 11.1 Å². The maximum atomic E-state index is 5.89. The van der Waals surface area contributed by atoms with Crippen molar-refractivity contribution in [2.75, 3.05) is 12.3 Å². The lowest BCUT2D eigenvalue weighted by Gasteiger charge is -2.27. The minimum atomic E-state index is 0.515. The molecule has 0 saturated carbocycles. The van der Waals surface area contributed by atoms with Crippen molar-refractivity contribution in [2.24, 2.45) is 5.92 Å². The van der Waals surface area contributed by atoms with Gasteiger partial charge in [0.05, 0.1) is 0 Å². The SMILES string of the molecule is CC(C)CCNC1CCCc2ccc(N)cc21. The first-order valence-corrected chi connectivity index (χ1v) is 6.78. The summed E-state index contributed by atoms with van der Waals surface area (Å²) < 4.78 is 0. The minimum Gasteiger partial charge on any atom is -0.399 e. The van der Waals surface area contributed by atoms with Crippen molar-refractivity contribution in [1.82, 2.24) is 5.32 Å². The molecule has 0 aromatic heterocycles. The van der Waals surface area contributed by atoms with E-state index in [1.807, 2.05) is 6.07 Å². The largest absolute Gasteiger partial charge is 0.399 e.